The third-order valence-corrected chi connectivity index (χ3v) is 8.26. The molecule has 3 N–H and O–H groups in total. The number of H-pyrrole nitrogens is 1. The van der Waals surface area contributed by atoms with Crippen LogP contribution < -0.4 is 10.5 Å². The Balaban J connectivity index is 1.38. The summed E-state index contributed by atoms with van der Waals surface area (Å²) in [6.45, 7) is 7.94. The molecule has 9 nitrogen and oxygen atoms in total. The Labute approximate surface area is 225 Å². The number of morpholine rings is 1. The van der Waals surface area contributed by atoms with E-state index in [-0.39, 0.29) is 12.2 Å². The average molecular weight is 532 g/mol. The van der Waals surface area contributed by atoms with Crippen molar-refractivity contribution in [1.29, 1.82) is 0 Å². The first kappa shape index (κ1) is 24.8. The molecule has 1 aromatic carbocycles. The van der Waals surface area contributed by atoms with E-state index < -0.39 is 0 Å². The summed E-state index contributed by atoms with van der Waals surface area (Å²) < 4.78 is 14.7. The average Bonchev–Trinajstić information content (AvgIpc) is 3.64. The van der Waals surface area contributed by atoms with Crippen LogP contribution in [0.15, 0.2) is 42.6 Å². The molecule has 6 rings (SSSR count). The lowest BCUT2D eigenvalue weighted by Crippen LogP contribution is -2.45. The van der Waals surface area contributed by atoms with Crippen LogP contribution in [-0.2, 0) is 17.7 Å². The normalized spacial score (nSPS) is 18.5. The Kier molecular flexibility index (Phi) is 6.77. The molecule has 4 aromatic heterocycles. The number of aromatic nitrogens is 5. The highest BCUT2D eigenvalue weighted by molar-refractivity contribution is 7.23. The third-order valence-electron chi connectivity index (χ3n) is 7.09. The van der Waals surface area contributed by atoms with E-state index in [9.17, 15) is 0 Å². The van der Waals surface area contributed by atoms with Gasteiger partial charge in [-0.2, -0.15) is 5.10 Å². The number of aryl methyl sites for hydroxylation is 1. The molecule has 0 spiro atoms. The minimum atomic E-state index is 0.264. The lowest BCUT2D eigenvalue weighted by molar-refractivity contribution is -0.0680. The fourth-order valence-corrected chi connectivity index (χ4v) is 6.58. The van der Waals surface area contributed by atoms with E-state index >= 15 is 0 Å². The van der Waals surface area contributed by atoms with Crippen molar-refractivity contribution in [3.8, 4) is 16.3 Å². The van der Waals surface area contributed by atoms with E-state index in [0.29, 0.717) is 12.4 Å². The second-order valence-corrected chi connectivity index (χ2v) is 11.1. The van der Waals surface area contributed by atoms with Crippen LogP contribution in [0.4, 0.5) is 5.82 Å². The van der Waals surface area contributed by atoms with E-state index in [1.165, 1.54) is 5.56 Å². The largest absolute Gasteiger partial charge is 0.497 e. The summed E-state index contributed by atoms with van der Waals surface area (Å²) in [6, 6.07) is 12.3. The van der Waals surface area contributed by atoms with Crippen molar-refractivity contribution in [2.24, 2.45) is 0 Å². The number of imidazole rings is 1. The van der Waals surface area contributed by atoms with Gasteiger partial charge in [0.2, 0.25) is 0 Å². The molecule has 2 unspecified atom stereocenters. The summed E-state index contributed by atoms with van der Waals surface area (Å²) in [5, 5.41) is 7.19. The van der Waals surface area contributed by atoms with Gasteiger partial charge in [0.25, 0.3) is 0 Å². The third kappa shape index (κ3) is 4.87. The summed E-state index contributed by atoms with van der Waals surface area (Å²) in [5.41, 5.74) is 11.3. The van der Waals surface area contributed by atoms with Crippen LogP contribution in [0.5, 0.6) is 5.75 Å². The molecule has 1 fully saturated rings. The molecule has 0 aliphatic carbocycles. The maximum absolute atomic E-state index is 6.50. The van der Waals surface area contributed by atoms with Crippen LogP contribution in [0.3, 0.4) is 0 Å². The van der Waals surface area contributed by atoms with Crippen molar-refractivity contribution in [2.75, 3.05) is 32.5 Å². The van der Waals surface area contributed by atoms with E-state index in [0.717, 1.165) is 75.9 Å². The number of nitrogens with two attached hydrogens (primary N) is 1. The van der Waals surface area contributed by atoms with Crippen molar-refractivity contribution in [3.05, 3.63) is 54.0 Å². The van der Waals surface area contributed by atoms with Gasteiger partial charge in [-0.25, -0.2) is 9.97 Å². The fourth-order valence-electron chi connectivity index (χ4n) is 5.45. The molecule has 1 aliphatic rings. The van der Waals surface area contributed by atoms with Gasteiger partial charge >= 0.3 is 0 Å². The molecule has 0 bridgehead atoms. The fraction of sp³-hybridized carbons (Fsp3) is 0.393. The number of pyridine rings is 1. The van der Waals surface area contributed by atoms with Crippen LogP contribution in [-0.4, -0.2) is 68.6 Å². The van der Waals surface area contributed by atoms with E-state index in [2.05, 4.69) is 51.7 Å². The summed E-state index contributed by atoms with van der Waals surface area (Å²) in [6.07, 6.45) is 4.15. The Morgan fingerprint density at radius 2 is 1.92 bits per heavy atom. The Morgan fingerprint density at radius 1 is 1.13 bits per heavy atom. The second-order valence-electron chi connectivity index (χ2n) is 10.1. The van der Waals surface area contributed by atoms with E-state index in [1.54, 1.807) is 24.6 Å². The zero-order valence-electron chi connectivity index (χ0n) is 22.0. The highest BCUT2D eigenvalue weighted by Gasteiger charge is 2.23. The highest BCUT2D eigenvalue weighted by atomic mass is 32.1. The molecule has 5 heterocycles. The number of thiophene rings is 1. The lowest BCUT2D eigenvalue weighted by atomic mass is 10.2. The molecule has 10 heteroatoms. The predicted molar refractivity (Wildman–Crippen MR) is 152 cm³/mol. The van der Waals surface area contributed by atoms with Gasteiger partial charge in [0, 0.05) is 32.3 Å². The number of anilines is 1. The number of nitrogen functional groups attached to an aromatic ring is 1. The van der Waals surface area contributed by atoms with Crippen LogP contribution >= 0.6 is 11.3 Å². The number of rotatable bonds is 8. The second kappa shape index (κ2) is 10.4. The number of nitrogens with zero attached hydrogens (tertiary/aromatic N) is 5. The zero-order chi connectivity index (χ0) is 26.2. The number of ether oxygens (including phenoxy) is 2. The number of nitrogens with one attached hydrogen (secondary N) is 1. The molecule has 2 atom stereocenters. The Hall–Kier alpha value is -3.47. The molecule has 1 saturated heterocycles. The van der Waals surface area contributed by atoms with E-state index in [1.807, 2.05) is 18.2 Å². The summed E-state index contributed by atoms with van der Waals surface area (Å²) in [4.78, 5) is 13.4. The van der Waals surface area contributed by atoms with Gasteiger partial charge in [-0.1, -0.05) is 12.1 Å². The van der Waals surface area contributed by atoms with Crippen molar-refractivity contribution in [3.63, 3.8) is 0 Å². The Bertz CT molecular complexity index is 1530. The number of methoxy groups -OCH3 is 1. The molecule has 38 heavy (non-hydrogen) atoms. The summed E-state index contributed by atoms with van der Waals surface area (Å²) >= 11 is 1.69. The predicted octanol–water partition coefficient (Wildman–Crippen LogP) is 4.72. The zero-order valence-corrected chi connectivity index (χ0v) is 22.8. The van der Waals surface area contributed by atoms with Crippen LogP contribution in [0.1, 0.15) is 31.7 Å². The SMILES string of the molecule is COc1ccc(Cn2c(CCCN3CC(C)OC(C)C3)nc3c(N)nc4cc(-c5ccn[nH]5)sc4c32)cc1. The number of hydrogen-bond acceptors (Lipinski definition) is 8. The molecule has 0 saturated carbocycles. The molecule has 5 aromatic rings. The number of hydrogen-bond donors (Lipinski definition) is 2. The number of fused-ring (bicyclic) bond motifs is 3. The van der Waals surface area contributed by atoms with Crippen molar-refractivity contribution >= 4 is 38.4 Å². The maximum Gasteiger partial charge on any atom is 0.152 e. The minimum absolute atomic E-state index is 0.264. The smallest absolute Gasteiger partial charge is 0.152 e. The number of aromatic amines is 1. The van der Waals surface area contributed by atoms with Gasteiger partial charge in [-0.05, 0) is 56.6 Å². The molecule has 198 valence electrons. The van der Waals surface area contributed by atoms with Crippen LogP contribution in [0.25, 0.3) is 31.8 Å². The topological polar surface area (TPSA) is 107 Å². The molecule has 0 amide bonds. The summed E-state index contributed by atoms with van der Waals surface area (Å²) in [5.74, 6) is 2.34. The Morgan fingerprint density at radius 3 is 2.63 bits per heavy atom. The first-order chi connectivity index (χ1) is 18.5. The maximum atomic E-state index is 6.50. The van der Waals surface area contributed by atoms with Crippen LogP contribution in [0.2, 0.25) is 0 Å². The quantitative estimate of drug-likeness (QED) is 0.298. The van der Waals surface area contributed by atoms with Gasteiger partial charge < -0.3 is 19.8 Å². The monoisotopic (exact) mass is 531 g/mol. The molecular weight excluding hydrogens is 498 g/mol. The highest BCUT2D eigenvalue weighted by Crippen LogP contribution is 2.38. The van der Waals surface area contributed by atoms with Crippen LogP contribution in [0, 0.1) is 0 Å². The molecule has 0 radical (unpaired) electrons. The van der Waals surface area contributed by atoms with Crippen molar-refractivity contribution < 1.29 is 9.47 Å². The van der Waals surface area contributed by atoms with Gasteiger partial charge in [-0.15, -0.1) is 11.3 Å². The molecular formula is C28H33N7O2S. The minimum Gasteiger partial charge on any atom is -0.497 e. The molecule has 1 aliphatic heterocycles. The first-order valence-corrected chi connectivity index (χ1v) is 13.9. The van der Waals surface area contributed by atoms with Crippen molar-refractivity contribution in [1.82, 2.24) is 29.6 Å². The van der Waals surface area contributed by atoms with Gasteiger partial charge in [0.1, 0.15) is 17.1 Å². The van der Waals surface area contributed by atoms with Gasteiger partial charge in [0.05, 0.1) is 45.6 Å². The van der Waals surface area contributed by atoms with E-state index in [4.69, 9.17) is 25.2 Å². The van der Waals surface area contributed by atoms with Crippen molar-refractivity contribution in [2.45, 2.75) is 45.4 Å². The van der Waals surface area contributed by atoms with Gasteiger partial charge in [-0.3, -0.25) is 10.00 Å². The summed E-state index contributed by atoms with van der Waals surface area (Å²) in [7, 11) is 1.69. The standard InChI is InChI=1S/C28H33N7O2S/c1-17-14-34(15-18(2)37-17)12-4-5-24-32-25-26(35(24)16-19-6-8-20(36-3)9-7-19)27-22(31-28(25)29)13-23(38-27)21-10-11-30-33-21/h6-11,13,17-18H,4-5,12,14-16H2,1-3H3,(H2,29,31)(H,30,33). The number of benzene rings is 1. The first-order valence-electron chi connectivity index (χ1n) is 13.1. The lowest BCUT2D eigenvalue weighted by Gasteiger charge is -2.35. The van der Waals surface area contributed by atoms with Gasteiger partial charge in [0.15, 0.2) is 5.82 Å².